The number of hydrogen-bond donors (Lipinski definition) is 0. The lowest BCUT2D eigenvalue weighted by atomic mass is 9.78. The van der Waals surface area contributed by atoms with Gasteiger partial charge in [0.05, 0.1) is 11.2 Å². The first kappa shape index (κ1) is 29.4. The molecule has 1 saturated heterocycles. The van der Waals surface area contributed by atoms with Crippen molar-refractivity contribution in [2.45, 2.75) is 38.9 Å². The van der Waals surface area contributed by atoms with Crippen molar-refractivity contribution in [1.29, 1.82) is 0 Å². The second-order valence-electron chi connectivity index (χ2n) is 13.7. The van der Waals surface area contributed by atoms with Crippen molar-refractivity contribution in [3.05, 3.63) is 152 Å². The molecule has 8 rings (SSSR count). The molecule has 1 heterocycles. The zero-order valence-electron chi connectivity index (χ0n) is 27.3. The number of benzene rings is 7. The zero-order valence-corrected chi connectivity index (χ0v) is 27.3. The van der Waals surface area contributed by atoms with Gasteiger partial charge in [0.2, 0.25) is 0 Å². The molecule has 0 aromatic heterocycles. The third-order valence-electron chi connectivity index (χ3n) is 10.1. The van der Waals surface area contributed by atoms with Crippen LogP contribution in [0.2, 0.25) is 0 Å². The van der Waals surface area contributed by atoms with E-state index in [1.54, 1.807) is 0 Å². The maximum Gasteiger partial charge on any atom is 0.494 e. The summed E-state index contributed by atoms with van der Waals surface area (Å²) >= 11 is 0. The van der Waals surface area contributed by atoms with Gasteiger partial charge in [-0.25, -0.2) is 0 Å². The summed E-state index contributed by atoms with van der Waals surface area (Å²) in [5.74, 6) is 0. The highest BCUT2D eigenvalue weighted by Gasteiger charge is 2.51. The Labute approximate surface area is 277 Å². The first-order valence-electron chi connectivity index (χ1n) is 16.4. The molecule has 0 radical (unpaired) electrons. The first-order chi connectivity index (χ1) is 22.7. The van der Waals surface area contributed by atoms with Gasteiger partial charge in [0, 0.05) is 0 Å². The van der Waals surface area contributed by atoms with Gasteiger partial charge in [0.1, 0.15) is 0 Å². The molecule has 0 atom stereocenters. The van der Waals surface area contributed by atoms with Crippen LogP contribution in [0.3, 0.4) is 0 Å². The summed E-state index contributed by atoms with van der Waals surface area (Å²) in [5.41, 5.74) is 10.0. The minimum Gasteiger partial charge on any atom is -0.399 e. The Hall–Kier alpha value is -4.96. The van der Waals surface area contributed by atoms with E-state index in [1.165, 1.54) is 66.1 Å². The monoisotopic (exact) mass is 608 g/mol. The van der Waals surface area contributed by atoms with E-state index in [0.717, 1.165) is 5.46 Å². The molecule has 1 aliphatic heterocycles. The highest BCUT2D eigenvalue weighted by Crippen LogP contribution is 2.37. The summed E-state index contributed by atoms with van der Waals surface area (Å²) in [7, 11) is -0.346. The Balaban J connectivity index is 1.00. The minimum atomic E-state index is -0.346. The summed E-state index contributed by atoms with van der Waals surface area (Å²) in [4.78, 5) is 0. The van der Waals surface area contributed by atoms with Gasteiger partial charge in [0.25, 0.3) is 0 Å². The first-order valence-corrected chi connectivity index (χ1v) is 16.4. The number of fused-ring (bicyclic) bond motifs is 2. The Morgan fingerprint density at radius 2 is 0.702 bits per heavy atom. The van der Waals surface area contributed by atoms with Crippen molar-refractivity contribution < 1.29 is 9.31 Å². The molecule has 0 bridgehead atoms. The molecule has 0 amide bonds. The van der Waals surface area contributed by atoms with E-state index >= 15 is 0 Å². The molecule has 3 heteroatoms. The fourth-order valence-electron chi connectivity index (χ4n) is 6.52. The topological polar surface area (TPSA) is 18.5 Å². The van der Waals surface area contributed by atoms with Crippen LogP contribution < -0.4 is 5.46 Å². The smallest absolute Gasteiger partial charge is 0.399 e. The molecule has 47 heavy (non-hydrogen) atoms. The molecule has 0 saturated carbocycles. The van der Waals surface area contributed by atoms with E-state index in [9.17, 15) is 0 Å². The van der Waals surface area contributed by atoms with Crippen LogP contribution in [0, 0.1) is 0 Å². The molecule has 0 N–H and O–H groups in total. The highest BCUT2D eigenvalue weighted by atomic mass is 16.7. The molecule has 0 aliphatic carbocycles. The molecular formula is C44H37BO2. The van der Waals surface area contributed by atoms with Crippen molar-refractivity contribution >= 4 is 34.1 Å². The van der Waals surface area contributed by atoms with Crippen LogP contribution in [-0.2, 0) is 9.31 Å². The quantitative estimate of drug-likeness (QED) is 0.181. The van der Waals surface area contributed by atoms with Crippen LogP contribution in [0.4, 0.5) is 0 Å². The van der Waals surface area contributed by atoms with Gasteiger partial charge in [-0.1, -0.05) is 127 Å². The van der Waals surface area contributed by atoms with Gasteiger partial charge in [-0.3, -0.25) is 0 Å². The van der Waals surface area contributed by atoms with Crippen molar-refractivity contribution in [1.82, 2.24) is 0 Å². The Bertz CT molecular complexity index is 2230. The fraction of sp³-hybridized carbons (Fsp3) is 0.136. The lowest BCUT2D eigenvalue weighted by Gasteiger charge is -2.32. The van der Waals surface area contributed by atoms with Crippen LogP contribution in [0.25, 0.3) is 66.1 Å². The maximum atomic E-state index is 6.23. The van der Waals surface area contributed by atoms with Gasteiger partial charge >= 0.3 is 7.12 Å². The second kappa shape index (κ2) is 11.4. The zero-order chi connectivity index (χ0) is 32.2. The van der Waals surface area contributed by atoms with E-state index in [4.69, 9.17) is 9.31 Å². The van der Waals surface area contributed by atoms with Crippen molar-refractivity contribution in [2.24, 2.45) is 0 Å². The van der Waals surface area contributed by atoms with Crippen LogP contribution in [0.15, 0.2) is 152 Å². The second-order valence-corrected chi connectivity index (χ2v) is 13.7. The molecule has 228 valence electrons. The highest BCUT2D eigenvalue weighted by molar-refractivity contribution is 6.62. The minimum absolute atomic E-state index is 0.345. The van der Waals surface area contributed by atoms with Crippen LogP contribution in [0.5, 0.6) is 0 Å². The van der Waals surface area contributed by atoms with Crippen LogP contribution >= 0.6 is 0 Å². The van der Waals surface area contributed by atoms with Gasteiger partial charge in [-0.15, -0.1) is 0 Å². The summed E-state index contributed by atoms with van der Waals surface area (Å²) in [5, 5.41) is 5.00. The van der Waals surface area contributed by atoms with Crippen LogP contribution in [-0.4, -0.2) is 18.3 Å². The fourth-order valence-corrected chi connectivity index (χ4v) is 6.52. The van der Waals surface area contributed by atoms with Gasteiger partial charge in [-0.05, 0) is 123 Å². The SMILES string of the molecule is CC1(C)OB(c2ccc(-c3ccc(-c4ccc5cc(-c6cccc(-c7ccc8ccccc8c7)c6)ccc5c4)cc3)cc2)OC1(C)C. The van der Waals surface area contributed by atoms with E-state index < -0.39 is 0 Å². The van der Waals surface area contributed by atoms with Crippen molar-refractivity contribution in [3.63, 3.8) is 0 Å². The lowest BCUT2D eigenvalue weighted by Crippen LogP contribution is -2.41. The van der Waals surface area contributed by atoms with Gasteiger partial charge in [0.15, 0.2) is 0 Å². The van der Waals surface area contributed by atoms with E-state index in [1.807, 2.05) is 0 Å². The van der Waals surface area contributed by atoms with Gasteiger partial charge < -0.3 is 9.31 Å². The number of rotatable bonds is 5. The summed E-state index contributed by atoms with van der Waals surface area (Å²) in [6.45, 7) is 8.35. The van der Waals surface area contributed by atoms with Crippen molar-refractivity contribution in [3.8, 4) is 44.5 Å². The third-order valence-corrected chi connectivity index (χ3v) is 10.1. The molecule has 2 nitrogen and oxygen atoms in total. The average Bonchev–Trinajstić information content (AvgIpc) is 3.33. The predicted octanol–water partition coefficient (Wildman–Crippen LogP) is 11.0. The van der Waals surface area contributed by atoms with Gasteiger partial charge in [-0.2, -0.15) is 0 Å². The molecule has 7 aromatic rings. The van der Waals surface area contributed by atoms with E-state index in [0.29, 0.717) is 0 Å². The maximum absolute atomic E-state index is 6.23. The normalized spacial score (nSPS) is 15.4. The molecule has 1 aliphatic rings. The Morgan fingerprint density at radius 1 is 0.340 bits per heavy atom. The van der Waals surface area contributed by atoms with Crippen molar-refractivity contribution in [2.75, 3.05) is 0 Å². The lowest BCUT2D eigenvalue weighted by molar-refractivity contribution is 0.00578. The Kier molecular flexibility index (Phi) is 7.13. The average molecular weight is 609 g/mol. The molecule has 7 aromatic carbocycles. The number of hydrogen-bond acceptors (Lipinski definition) is 2. The summed E-state index contributed by atoms with van der Waals surface area (Å²) in [6, 6.07) is 55.0. The molecule has 0 spiro atoms. The van der Waals surface area contributed by atoms with E-state index in [-0.39, 0.29) is 18.3 Å². The standard InChI is InChI=1S/C44H37BO2/c1-43(2)44(3,4)47-45(46-43)42-24-22-32(23-25-42)31-12-14-33(15-13-31)37-18-19-41-29-39(20-21-40(41)28-37)36-11-7-10-35(27-36)38-17-16-30-8-5-6-9-34(30)26-38/h5-29H,1-4H3. The van der Waals surface area contributed by atoms with E-state index in [2.05, 4.69) is 179 Å². The van der Waals surface area contributed by atoms with Crippen LogP contribution in [0.1, 0.15) is 27.7 Å². The Morgan fingerprint density at radius 3 is 1.23 bits per heavy atom. The summed E-state index contributed by atoms with van der Waals surface area (Å²) in [6.07, 6.45) is 0. The largest absolute Gasteiger partial charge is 0.494 e. The predicted molar refractivity (Wildman–Crippen MR) is 199 cm³/mol. The summed E-state index contributed by atoms with van der Waals surface area (Å²) < 4.78 is 12.5. The third kappa shape index (κ3) is 5.56. The molecule has 1 fully saturated rings. The molecule has 0 unspecified atom stereocenters. The molecular weight excluding hydrogens is 571 g/mol.